The molecular formula is C18H19ClF2N2O. The van der Waals surface area contributed by atoms with Gasteiger partial charge in [0.05, 0.1) is 5.56 Å². The Bertz CT molecular complexity index is 721. The van der Waals surface area contributed by atoms with Gasteiger partial charge in [0.25, 0.3) is 5.91 Å². The second-order valence-corrected chi connectivity index (χ2v) is 5.85. The first-order valence-electron chi connectivity index (χ1n) is 7.65. The lowest BCUT2D eigenvalue weighted by molar-refractivity contribution is 0.0704. The van der Waals surface area contributed by atoms with Gasteiger partial charge < -0.3 is 10.6 Å². The largest absolute Gasteiger partial charge is 0.337 e. The van der Waals surface area contributed by atoms with Gasteiger partial charge in [0.2, 0.25) is 0 Å². The maximum atomic E-state index is 14.4. The van der Waals surface area contributed by atoms with Crippen LogP contribution >= 0.6 is 12.4 Å². The van der Waals surface area contributed by atoms with E-state index in [4.69, 9.17) is 5.73 Å². The molecule has 3 rings (SSSR count). The van der Waals surface area contributed by atoms with E-state index < -0.39 is 5.82 Å². The fourth-order valence-electron chi connectivity index (χ4n) is 2.88. The van der Waals surface area contributed by atoms with Crippen LogP contribution in [0.4, 0.5) is 8.78 Å². The van der Waals surface area contributed by atoms with Crippen LogP contribution in [0.25, 0.3) is 11.1 Å². The van der Waals surface area contributed by atoms with Crippen LogP contribution in [-0.4, -0.2) is 29.9 Å². The predicted molar refractivity (Wildman–Crippen MR) is 92.2 cm³/mol. The van der Waals surface area contributed by atoms with Gasteiger partial charge in [0.15, 0.2) is 0 Å². The van der Waals surface area contributed by atoms with Crippen molar-refractivity contribution in [3.63, 3.8) is 0 Å². The number of piperidine rings is 1. The van der Waals surface area contributed by atoms with Gasteiger partial charge in [-0.2, -0.15) is 0 Å². The number of carbonyl (C=O) groups excluding carboxylic acids is 1. The van der Waals surface area contributed by atoms with Crippen molar-refractivity contribution in [3.05, 3.63) is 59.7 Å². The number of benzene rings is 2. The quantitative estimate of drug-likeness (QED) is 0.897. The fraction of sp³-hybridized carbons (Fsp3) is 0.278. The summed E-state index contributed by atoms with van der Waals surface area (Å²) in [7, 11) is 0. The number of nitrogens with zero attached hydrogens (tertiary/aromatic N) is 1. The molecule has 1 heterocycles. The molecule has 6 heteroatoms. The molecule has 0 aliphatic carbocycles. The zero-order chi connectivity index (χ0) is 16.4. The molecule has 0 radical (unpaired) electrons. The Hall–Kier alpha value is -1.98. The van der Waals surface area contributed by atoms with Gasteiger partial charge in [-0.05, 0) is 48.2 Å². The number of hydrogen-bond acceptors (Lipinski definition) is 2. The van der Waals surface area contributed by atoms with Crippen LogP contribution < -0.4 is 5.73 Å². The number of halogens is 3. The summed E-state index contributed by atoms with van der Waals surface area (Å²) in [5, 5.41) is 0. The van der Waals surface area contributed by atoms with Crippen LogP contribution in [0.5, 0.6) is 0 Å². The highest BCUT2D eigenvalue weighted by Crippen LogP contribution is 2.23. The number of amides is 1. The molecule has 128 valence electrons. The molecular weight excluding hydrogens is 334 g/mol. The van der Waals surface area contributed by atoms with Crippen LogP contribution in [0.2, 0.25) is 0 Å². The van der Waals surface area contributed by atoms with Crippen molar-refractivity contribution < 1.29 is 13.6 Å². The van der Waals surface area contributed by atoms with Crippen molar-refractivity contribution in [1.82, 2.24) is 4.90 Å². The first-order valence-corrected chi connectivity index (χ1v) is 7.65. The van der Waals surface area contributed by atoms with Crippen molar-refractivity contribution in [1.29, 1.82) is 0 Å². The van der Waals surface area contributed by atoms with Gasteiger partial charge in [-0.3, -0.25) is 4.79 Å². The Morgan fingerprint density at radius 1 is 1.08 bits per heavy atom. The third-order valence-corrected chi connectivity index (χ3v) is 4.12. The molecule has 0 saturated carbocycles. The van der Waals surface area contributed by atoms with E-state index >= 15 is 0 Å². The summed E-state index contributed by atoms with van der Waals surface area (Å²) in [6.45, 7) is 1.06. The summed E-state index contributed by atoms with van der Waals surface area (Å²) in [6, 6.07) is 10.2. The maximum Gasteiger partial charge on any atom is 0.256 e. The SMILES string of the molecule is Cl.NC1CCCN(C(=O)c2ccc(-c3ccc(F)cc3)cc2F)C1. The first kappa shape index (κ1) is 18.4. The molecule has 1 amide bonds. The molecule has 0 aromatic heterocycles. The standard InChI is InChI=1S/C18H18F2N2O.ClH/c19-14-6-3-12(4-7-14)13-5-8-16(17(20)10-13)18(23)22-9-1-2-15(21)11-22;/h3-8,10,15H,1-2,9,11,21H2;1H. The second-order valence-electron chi connectivity index (χ2n) is 5.85. The van der Waals surface area contributed by atoms with Crippen molar-refractivity contribution >= 4 is 18.3 Å². The summed E-state index contributed by atoms with van der Waals surface area (Å²) < 4.78 is 27.3. The monoisotopic (exact) mass is 352 g/mol. The van der Waals surface area contributed by atoms with Crippen molar-refractivity contribution in [2.45, 2.75) is 18.9 Å². The third kappa shape index (κ3) is 3.91. The zero-order valence-electron chi connectivity index (χ0n) is 13.0. The second kappa shape index (κ2) is 7.73. The minimum atomic E-state index is -0.573. The minimum Gasteiger partial charge on any atom is -0.337 e. The Kier molecular flexibility index (Phi) is 5.91. The molecule has 2 N–H and O–H groups in total. The van der Waals surface area contributed by atoms with Gasteiger partial charge in [0.1, 0.15) is 11.6 Å². The van der Waals surface area contributed by atoms with E-state index in [0.717, 1.165) is 12.8 Å². The van der Waals surface area contributed by atoms with Crippen LogP contribution in [0.1, 0.15) is 23.2 Å². The summed E-state index contributed by atoms with van der Waals surface area (Å²) in [5.74, 6) is -1.25. The highest BCUT2D eigenvalue weighted by molar-refractivity contribution is 5.95. The van der Waals surface area contributed by atoms with Gasteiger partial charge in [-0.25, -0.2) is 8.78 Å². The van der Waals surface area contributed by atoms with Crippen LogP contribution in [0.15, 0.2) is 42.5 Å². The number of likely N-dealkylation sites (tertiary alicyclic amines) is 1. The van der Waals surface area contributed by atoms with Gasteiger partial charge in [0, 0.05) is 19.1 Å². The first-order chi connectivity index (χ1) is 11.0. The molecule has 24 heavy (non-hydrogen) atoms. The van der Waals surface area contributed by atoms with Crippen molar-refractivity contribution in [2.75, 3.05) is 13.1 Å². The normalized spacial score (nSPS) is 17.3. The molecule has 2 aromatic rings. The van der Waals surface area contributed by atoms with Crippen LogP contribution in [0.3, 0.4) is 0 Å². The molecule has 1 atom stereocenters. The van der Waals surface area contributed by atoms with Crippen molar-refractivity contribution in [3.8, 4) is 11.1 Å². The topological polar surface area (TPSA) is 46.3 Å². The predicted octanol–water partition coefficient (Wildman–Crippen LogP) is 3.62. The van der Waals surface area contributed by atoms with Crippen molar-refractivity contribution in [2.24, 2.45) is 5.73 Å². The van der Waals surface area contributed by atoms with Crippen LogP contribution in [0, 0.1) is 11.6 Å². The van der Waals surface area contributed by atoms with E-state index in [1.807, 2.05) is 0 Å². The number of carbonyl (C=O) groups is 1. The molecule has 1 fully saturated rings. The lowest BCUT2D eigenvalue weighted by atomic mass is 10.0. The van der Waals surface area contributed by atoms with E-state index in [1.54, 1.807) is 23.1 Å². The zero-order valence-corrected chi connectivity index (χ0v) is 13.9. The fourth-order valence-corrected chi connectivity index (χ4v) is 2.88. The van der Waals surface area contributed by atoms with Gasteiger partial charge in [-0.15, -0.1) is 12.4 Å². The highest BCUT2D eigenvalue weighted by Gasteiger charge is 2.24. The van der Waals surface area contributed by atoms with E-state index in [9.17, 15) is 13.6 Å². The number of nitrogens with two attached hydrogens (primary N) is 1. The minimum absolute atomic E-state index is 0. The maximum absolute atomic E-state index is 14.4. The lowest BCUT2D eigenvalue weighted by Gasteiger charge is -2.30. The summed E-state index contributed by atoms with van der Waals surface area (Å²) in [6.07, 6.45) is 1.72. The summed E-state index contributed by atoms with van der Waals surface area (Å²) >= 11 is 0. The Morgan fingerprint density at radius 2 is 1.75 bits per heavy atom. The number of hydrogen-bond donors (Lipinski definition) is 1. The molecule has 0 spiro atoms. The Balaban J connectivity index is 0.00000208. The van der Waals surface area contributed by atoms with E-state index in [-0.39, 0.29) is 35.7 Å². The number of rotatable bonds is 2. The average Bonchev–Trinajstić information content (AvgIpc) is 2.55. The van der Waals surface area contributed by atoms with Gasteiger partial charge in [-0.1, -0.05) is 18.2 Å². The van der Waals surface area contributed by atoms with E-state index in [0.29, 0.717) is 24.2 Å². The third-order valence-electron chi connectivity index (χ3n) is 4.12. The molecule has 3 nitrogen and oxygen atoms in total. The molecule has 1 unspecified atom stereocenters. The summed E-state index contributed by atoms with van der Waals surface area (Å²) in [4.78, 5) is 14.0. The van der Waals surface area contributed by atoms with Gasteiger partial charge >= 0.3 is 0 Å². The summed E-state index contributed by atoms with van der Waals surface area (Å²) in [5.41, 5.74) is 7.22. The molecule has 2 aromatic carbocycles. The smallest absolute Gasteiger partial charge is 0.256 e. The molecule has 1 saturated heterocycles. The van der Waals surface area contributed by atoms with E-state index in [2.05, 4.69) is 0 Å². The highest BCUT2D eigenvalue weighted by atomic mass is 35.5. The van der Waals surface area contributed by atoms with Crippen LogP contribution in [-0.2, 0) is 0 Å². The lowest BCUT2D eigenvalue weighted by Crippen LogP contribution is -2.45. The molecule has 1 aliphatic heterocycles. The molecule has 1 aliphatic rings. The Labute approximate surface area is 145 Å². The average molecular weight is 353 g/mol. The Morgan fingerprint density at radius 3 is 2.38 bits per heavy atom. The molecule has 0 bridgehead atoms. The van der Waals surface area contributed by atoms with E-state index in [1.165, 1.54) is 24.3 Å².